The van der Waals surface area contributed by atoms with E-state index in [1.807, 2.05) is 39.1 Å². The van der Waals surface area contributed by atoms with Crippen molar-refractivity contribution >= 4 is 11.6 Å². The van der Waals surface area contributed by atoms with Gasteiger partial charge in [-0.2, -0.15) is 0 Å². The van der Waals surface area contributed by atoms with Crippen LogP contribution < -0.4 is 10.2 Å². The minimum Gasteiger partial charge on any atom is -0.420 e. The van der Waals surface area contributed by atoms with E-state index >= 15 is 0 Å². The Kier molecular flexibility index (Phi) is 4.70. The van der Waals surface area contributed by atoms with E-state index < -0.39 is 0 Å². The first kappa shape index (κ1) is 15.2. The Bertz CT molecular complexity index is 636. The lowest BCUT2D eigenvalue weighted by molar-refractivity contribution is -0.886. The lowest BCUT2D eigenvalue weighted by Gasteiger charge is -2.13. The van der Waals surface area contributed by atoms with Gasteiger partial charge >= 0.3 is 0 Å². The molecule has 1 unspecified atom stereocenters. The summed E-state index contributed by atoms with van der Waals surface area (Å²) in [5.74, 6) is 1.06. The average molecular weight is 289 g/mol. The number of benzene rings is 1. The fourth-order valence-electron chi connectivity index (χ4n) is 2.08. The lowest BCUT2D eigenvalue weighted by atomic mass is 10.1. The Hall–Kier alpha value is -2.21. The highest BCUT2D eigenvalue weighted by molar-refractivity contribution is 5.92. The molecule has 0 aliphatic heterocycles. The molecule has 2 N–H and O–H groups in total. The number of aromatic nitrogens is 2. The molecular weight excluding hydrogens is 268 g/mol. The van der Waals surface area contributed by atoms with Crippen LogP contribution in [0.5, 0.6) is 0 Å². The predicted octanol–water partition coefficient (Wildman–Crippen LogP) is 0.648. The molecule has 1 aromatic heterocycles. The number of aryl methyl sites for hydroxylation is 2. The van der Waals surface area contributed by atoms with Crippen molar-refractivity contribution in [2.75, 3.05) is 18.9 Å². The van der Waals surface area contributed by atoms with Gasteiger partial charge in [0.1, 0.15) is 0 Å². The molecule has 112 valence electrons. The van der Waals surface area contributed by atoms with Crippen LogP contribution in [0.2, 0.25) is 0 Å². The maximum atomic E-state index is 12.1. The molecule has 2 aromatic rings. The number of carbonyl (C=O) groups is 1. The maximum Gasteiger partial charge on any atom is 0.279 e. The van der Waals surface area contributed by atoms with E-state index in [0.717, 1.165) is 21.7 Å². The summed E-state index contributed by atoms with van der Waals surface area (Å²) in [5.41, 5.74) is 3.12. The molecule has 0 spiro atoms. The topological polar surface area (TPSA) is 72.5 Å². The zero-order chi connectivity index (χ0) is 15.4. The van der Waals surface area contributed by atoms with Crippen LogP contribution in [0.3, 0.4) is 0 Å². The monoisotopic (exact) mass is 289 g/mol. The smallest absolute Gasteiger partial charge is 0.279 e. The number of hydrogen-bond donors (Lipinski definition) is 2. The van der Waals surface area contributed by atoms with Crippen molar-refractivity contribution in [1.29, 1.82) is 0 Å². The van der Waals surface area contributed by atoms with Gasteiger partial charge < -0.3 is 14.6 Å². The van der Waals surface area contributed by atoms with Crippen LogP contribution in [0, 0.1) is 20.8 Å². The van der Waals surface area contributed by atoms with Gasteiger partial charge in [-0.25, -0.2) is 0 Å². The van der Waals surface area contributed by atoms with E-state index in [2.05, 4.69) is 15.5 Å². The molecule has 2 rings (SSSR count). The molecule has 0 aliphatic carbocycles. The summed E-state index contributed by atoms with van der Waals surface area (Å²) in [6.45, 7) is 6.65. The van der Waals surface area contributed by atoms with Crippen molar-refractivity contribution in [3.05, 3.63) is 41.1 Å². The van der Waals surface area contributed by atoms with E-state index in [1.54, 1.807) is 6.92 Å². The largest absolute Gasteiger partial charge is 0.420 e. The number of hydrogen-bond acceptors (Lipinski definition) is 4. The molecule has 0 saturated heterocycles. The van der Waals surface area contributed by atoms with Gasteiger partial charge in [-0.05, 0) is 31.0 Å². The molecule has 6 heteroatoms. The van der Waals surface area contributed by atoms with Crippen molar-refractivity contribution in [2.24, 2.45) is 0 Å². The van der Waals surface area contributed by atoms with Gasteiger partial charge in [-0.15, -0.1) is 10.2 Å². The van der Waals surface area contributed by atoms with Crippen LogP contribution in [-0.4, -0.2) is 29.7 Å². The molecule has 0 aliphatic rings. The number of quaternary nitrogens is 1. The number of anilines is 1. The maximum absolute atomic E-state index is 12.1. The van der Waals surface area contributed by atoms with E-state index in [-0.39, 0.29) is 5.91 Å². The second-order valence-corrected chi connectivity index (χ2v) is 5.32. The van der Waals surface area contributed by atoms with Crippen LogP contribution in [-0.2, 0) is 11.3 Å². The summed E-state index contributed by atoms with van der Waals surface area (Å²) >= 11 is 0. The molecule has 21 heavy (non-hydrogen) atoms. The third kappa shape index (κ3) is 4.13. The number of nitrogens with zero attached hydrogens (tertiary/aromatic N) is 2. The Morgan fingerprint density at radius 2 is 2.05 bits per heavy atom. The van der Waals surface area contributed by atoms with Crippen molar-refractivity contribution in [1.82, 2.24) is 10.2 Å². The summed E-state index contributed by atoms with van der Waals surface area (Å²) in [6.07, 6.45) is 0. The molecule has 1 aromatic carbocycles. The van der Waals surface area contributed by atoms with Crippen LogP contribution in [0.25, 0.3) is 0 Å². The second kappa shape index (κ2) is 6.49. The van der Waals surface area contributed by atoms with Gasteiger partial charge in [0.05, 0.1) is 7.05 Å². The molecule has 6 nitrogen and oxygen atoms in total. The molecule has 0 radical (unpaired) electrons. The Morgan fingerprint density at radius 3 is 2.71 bits per heavy atom. The first-order valence-corrected chi connectivity index (χ1v) is 6.92. The number of carbonyl (C=O) groups excluding carboxylic acids is 1. The summed E-state index contributed by atoms with van der Waals surface area (Å²) in [7, 11) is 1.92. The second-order valence-electron chi connectivity index (χ2n) is 5.32. The third-order valence-electron chi connectivity index (χ3n) is 3.36. The summed E-state index contributed by atoms with van der Waals surface area (Å²) in [5, 5.41) is 10.7. The first-order valence-electron chi connectivity index (χ1n) is 6.92. The fraction of sp³-hybridized carbons (Fsp3) is 0.400. The first-order chi connectivity index (χ1) is 9.95. The van der Waals surface area contributed by atoms with Crippen LogP contribution in [0.1, 0.15) is 22.9 Å². The number of amides is 1. The van der Waals surface area contributed by atoms with Gasteiger partial charge in [0.2, 0.25) is 5.89 Å². The molecular formula is C15H21N4O2+. The molecule has 0 fully saturated rings. The van der Waals surface area contributed by atoms with Gasteiger partial charge in [-0.3, -0.25) is 4.79 Å². The number of likely N-dealkylation sites (N-methyl/N-ethyl adjacent to an activating group) is 1. The highest BCUT2D eigenvalue weighted by Gasteiger charge is 2.15. The third-order valence-corrected chi connectivity index (χ3v) is 3.36. The minimum absolute atomic E-state index is 0.0302. The molecule has 0 saturated carbocycles. The quantitative estimate of drug-likeness (QED) is 0.847. The van der Waals surface area contributed by atoms with E-state index in [9.17, 15) is 4.79 Å². The Balaban J connectivity index is 1.90. The Labute approximate surface area is 124 Å². The molecule has 1 amide bonds. The van der Waals surface area contributed by atoms with Crippen molar-refractivity contribution in [2.45, 2.75) is 27.3 Å². The van der Waals surface area contributed by atoms with Crippen molar-refractivity contribution < 1.29 is 14.1 Å². The molecule has 1 atom stereocenters. The molecule has 0 bridgehead atoms. The van der Waals surface area contributed by atoms with E-state index in [0.29, 0.717) is 24.9 Å². The zero-order valence-corrected chi connectivity index (χ0v) is 12.9. The van der Waals surface area contributed by atoms with Gasteiger partial charge in [0.15, 0.2) is 13.1 Å². The normalized spacial score (nSPS) is 12.2. The summed E-state index contributed by atoms with van der Waals surface area (Å²) in [4.78, 5) is 13.1. The lowest BCUT2D eigenvalue weighted by Crippen LogP contribution is -3.08. The van der Waals surface area contributed by atoms with E-state index in [1.165, 1.54) is 0 Å². The van der Waals surface area contributed by atoms with Gasteiger partial charge in [-0.1, -0.05) is 12.1 Å². The van der Waals surface area contributed by atoms with Gasteiger partial charge in [0, 0.05) is 12.6 Å². The SMILES string of the molecule is Cc1nnc(C[NH+](C)CC(=O)Nc2cccc(C)c2C)o1. The average Bonchev–Trinajstić information content (AvgIpc) is 2.80. The minimum atomic E-state index is -0.0302. The molecule has 1 heterocycles. The fourth-order valence-corrected chi connectivity index (χ4v) is 2.08. The van der Waals surface area contributed by atoms with Gasteiger partial charge in [0.25, 0.3) is 11.8 Å². The predicted molar refractivity (Wildman–Crippen MR) is 79.0 cm³/mol. The summed E-state index contributed by atoms with van der Waals surface area (Å²) in [6, 6.07) is 5.88. The van der Waals surface area contributed by atoms with E-state index in [4.69, 9.17) is 4.42 Å². The van der Waals surface area contributed by atoms with Crippen LogP contribution in [0.15, 0.2) is 22.6 Å². The number of rotatable bonds is 5. The summed E-state index contributed by atoms with van der Waals surface area (Å²) < 4.78 is 5.31. The van der Waals surface area contributed by atoms with Crippen LogP contribution in [0.4, 0.5) is 5.69 Å². The van der Waals surface area contributed by atoms with Crippen molar-refractivity contribution in [3.8, 4) is 0 Å². The highest BCUT2D eigenvalue weighted by Crippen LogP contribution is 2.17. The Morgan fingerprint density at radius 1 is 1.29 bits per heavy atom. The highest BCUT2D eigenvalue weighted by atomic mass is 16.4. The van der Waals surface area contributed by atoms with Crippen molar-refractivity contribution in [3.63, 3.8) is 0 Å². The van der Waals surface area contributed by atoms with Crippen LogP contribution >= 0.6 is 0 Å². The number of nitrogens with one attached hydrogen (secondary N) is 2. The standard InChI is InChI=1S/C15H20N4O2/c1-10-6-5-7-13(11(10)2)16-14(20)8-19(4)9-15-18-17-12(3)21-15/h5-7H,8-9H2,1-4H3,(H,16,20)/p+1. The zero-order valence-electron chi connectivity index (χ0n) is 12.9.